The van der Waals surface area contributed by atoms with Crippen LogP contribution in [0.15, 0.2) is 61.1 Å². The van der Waals surface area contributed by atoms with Gasteiger partial charge in [0.1, 0.15) is 12.4 Å². The summed E-state index contributed by atoms with van der Waals surface area (Å²) in [5, 5.41) is 15.4. The summed E-state index contributed by atoms with van der Waals surface area (Å²) in [7, 11) is 0. The van der Waals surface area contributed by atoms with Crippen molar-refractivity contribution >= 4 is 29.3 Å². The fraction of sp³-hybridized carbons (Fsp3) is 0.261. The maximum Gasteiger partial charge on any atom is 0.307 e. The Labute approximate surface area is 176 Å². The Morgan fingerprint density at radius 1 is 1.03 bits per heavy atom. The number of benzene rings is 1. The van der Waals surface area contributed by atoms with Crippen molar-refractivity contribution in [2.24, 2.45) is 0 Å². The molecular formula is C23H26N4O3. The van der Waals surface area contributed by atoms with Crippen molar-refractivity contribution in [1.82, 2.24) is 15.2 Å². The van der Waals surface area contributed by atoms with Gasteiger partial charge < -0.3 is 20.6 Å². The molecule has 1 amide bonds. The quantitative estimate of drug-likeness (QED) is 0.525. The number of amides is 1. The zero-order chi connectivity index (χ0) is 21.2. The molecule has 2 heterocycles. The minimum atomic E-state index is -0.901. The first-order chi connectivity index (χ1) is 14.6. The van der Waals surface area contributed by atoms with Gasteiger partial charge in [0.15, 0.2) is 0 Å². The van der Waals surface area contributed by atoms with Gasteiger partial charge in [0.2, 0.25) is 5.91 Å². The van der Waals surface area contributed by atoms with Crippen molar-refractivity contribution in [2.45, 2.75) is 19.3 Å². The third-order valence-corrected chi connectivity index (χ3v) is 4.64. The van der Waals surface area contributed by atoms with Crippen LogP contribution < -0.4 is 10.6 Å². The number of aromatic nitrogens is 1. The number of carboxylic acid groups (broad SMARTS) is 1. The lowest BCUT2D eigenvalue weighted by Gasteiger charge is -2.16. The van der Waals surface area contributed by atoms with Crippen LogP contribution in [0.3, 0.4) is 0 Å². The van der Waals surface area contributed by atoms with Crippen LogP contribution in [0.1, 0.15) is 30.4 Å². The van der Waals surface area contributed by atoms with Crippen molar-refractivity contribution in [3.8, 4) is 0 Å². The predicted octanol–water partition coefficient (Wildman–Crippen LogP) is 3.19. The highest BCUT2D eigenvalue weighted by atomic mass is 16.4. The zero-order valence-corrected chi connectivity index (χ0v) is 16.8. The largest absolute Gasteiger partial charge is 0.481 e. The smallest absolute Gasteiger partial charge is 0.307 e. The number of hydrogen-bond donors (Lipinski definition) is 3. The molecule has 0 spiro atoms. The van der Waals surface area contributed by atoms with E-state index in [4.69, 9.17) is 0 Å². The van der Waals surface area contributed by atoms with Gasteiger partial charge in [-0.15, -0.1) is 0 Å². The molecule has 1 aromatic carbocycles. The van der Waals surface area contributed by atoms with E-state index in [0.29, 0.717) is 12.1 Å². The molecule has 0 saturated carbocycles. The van der Waals surface area contributed by atoms with E-state index in [9.17, 15) is 14.7 Å². The minimum absolute atomic E-state index is 0.0971. The summed E-state index contributed by atoms with van der Waals surface area (Å²) >= 11 is 0. The van der Waals surface area contributed by atoms with E-state index in [1.165, 1.54) is 0 Å². The molecule has 3 rings (SSSR count). The van der Waals surface area contributed by atoms with Crippen LogP contribution in [0.2, 0.25) is 0 Å². The maximum absolute atomic E-state index is 12.3. The Hall–Kier alpha value is -3.61. The van der Waals surface area contributed by atoms with Gasteiger partial charge in [-0.2, -0.15) is 0 Å². The molecule has 0 atom stereocenters. The molecule has 0 fully saturated rings. The molecule has 1 aliphatic heterocycles. The number of carbonyl (C=O) groups is 2. The molecule has 0 saturated heterocycles. The molecule has 3 N–H and O–H groups in total. The van der Waals surface area contributed by atoms with Crippen LogP contribution in [-0.4, -0.2) is 46.5 Å². The number of anilines is 1. The molecule has 7 heteroatoms. The van der Waals surface area contributed by atoms with Gasteiger partial charge in [0.05, 0.1) is 6.42 Å². The summed E-state index contributed by atoms with van der Waals surface area (Å²) in [6.07, 6.45) is 8.87. The Bertz CT molecular complexity index is 925. The molecule has 0 radical (unpaired) electrons. The maximum atomic E-state index is 12.3. The van der Waals surface area contributed by atoms with Crippen LogP contribution in [0.5, 0.6) is 0 Å². The topological polar surface area (TPSA) is 94.6 Å². The molecule has 0 aliphatic carbocycles. The third-order valence-electron chi connectivity index (χ3n) is 4.64. The molecule has 30 heavy (non-hydrogen) atoms. The lowest BCUT2D eigenvalue weighted by atomic mass is 9.98. The van der Waals surface area contributed by atoms with Crippen LogP contribution in [0.25, 0.3) is 11.6 Å². The van der Waals surface area contributed by atoms with Crippen molar-refractivity contribution < 1.29 is 14.7 Å². The molecule has 1 aromatic heterocycles. The number of pyridine rings is 1. The normalized spacial score (nSPS) is 12.5. The van der Waals surface area contributed by atoms with Gasteiger partial charge in [-0.05, 0) is 47.8 Å². The number of hydrogen-bond acceptors (Lipinski definition) is 5. The number of fused-ring (bicyclic) bond motifs is 1. The Kier molecular flexibility index (Phi) is 7.60. The number of carboxylic acids is 1. The van der Waals surface area contributed by atoms with Gasteiger partial charge in [0.25, 0.3) is 0 Å². The van der Waals surface area contributed by atoms with Crippen LogP contribution in [0.4, 0.5) is 5.82 Å². The van der Waals surface area contributed by atoms with Gasteiger partial charge in [-0.25, -0.2) is 4.98 Å². The predicted molar refractivity (Wildman–Crippen MR) is 117 cm³/mol. The van der Waals surface area contributed by atoms with Crippen LogP contribution in [-0.2, 0) is 9.59 Å². The fourth-order valence-corrected chi connectivity index (χ4v) is 3.21. The van der Waals surface area contributed by atoms with Crippen molar-refractivity contribution in [3.05, 3.63) is 72.2 Å². The molecule has 7 nitrogen and oxygen atoms in total. The van der Waals surface area contributed by atoms with E-state index in [-0.39, 0.29) is 18.9 Å². The van der Waals surface area contributed by atoms with Crippen molar-refractivity contribution in [1.29, 1.82) is 0 Å². The van der Waals surface area contributed by atoms with Crippen molar-refractivity contribution in [2.75, 3.05) is 25.0 Å². The van der Waals surface area contributed by atoms with E-state index < -0.39 is 5.97 Å². The van der Waals surface area contributed by atoms with E-state index in [2.05, 4.69) is 15.6 Å². The lowest BCUT2D eigenvalue weighted by molar-refractivity contribution is -0.135. The number of nitrogens with one attached hydrogen (secondary N) is 2. The number of unbranched alkanes of at least 4 members (excludes halogenated alkanes) is 1. The van der Waals surface area contributed by atoms with Crippen molar-refractivity contribution in [3.63, 3.8) is 0 Å². The SMILES string of the molecule is O=C(O)CC1=CN(CC(=O)NCCCCNc2ccccn2)C=Cc2ccccc21. The van der Waals surface area contributed by atoms with E-state index >= 15 is 0 Å². The second-order valence-electron chi connectivity index (χ2n) is 7.00. The number of carbonyl (C=O) groups excluding carboxylic acids is 1. The summed E-state index contributed by atoms with van der Waals surface area (Å²) in [6.45, 7) is 1.52. The second-order valence-corrected chi connectivity index (χ2v) is 7.00. The highest BCUT2D eigenvalue weighted by molar-refractivity contribution is 5.87. The first-order valence-corrected chi connectivity index (χ1v) is 9.99. The summed E-state index contributed by atoms with van der Waals surface area (Å²) < 4.78 is 0. The lowest BCUT2D eigenvalue weighted by Crippen LogP contribution is -2.33. The average Bonchev–Trinajstić information content (AvgIpc) is 2.90. The number of rotatable bonds is 10. The van der Waals surface area contributed by atoms with E-state index in [1.54, 1.807) is 17.3 Å². The fourth-order valence-electron chi connectivity index (χ4n) is 3.21. The van der Waals surface area contributed by atoms with Crippen LogP contribution >= 0.6 is 0 Å². The van der Waals surface area contributed by atoms with E-state index in [0.717, 1.165) is 36.3 Å². The number of nitrogens with zero attached hydrogens (tertiary/aromatic N) is 2. The molecule has 156 valence electrons. The highest BCUT2D eigenvalue weighted by Gasteiger charge is 2.15. The Morgan fingerprint density at radius 3 is 2.63 bits per heavy atom. The van der Waals surface area contributed by atoms with Gasteiger partial charge in [-0.1, -0.05) is 30.3 Å². The summed E-state index contributed by atoms with van der Waals surface area (Å²) in [5.41, 5.74) is 2.49. The molecule has 2 aromatic rings. The summed E-state index contributed by atoms with van der Waals surface area (Å²) in [5.74, 6) is -0.157. The standard InChI is InChI=1S/C23H26N4O3/c28-22(26-13-6-5-12-25-21-9-3-4-11-24-21)17-27-14-10-18-7-1-2-8-20(18)19(16-27)15-23(29)30/h1-4,7-11,14,16H,5-6,12-13,15,17H2,(H,24,25)(H,26,28)(H,29,30). The second kappa shape index (κ2) is 10.8. The monoisotopic (exact) mass is 406 g/mol. The summed E-state index contributed by atoms with van der Waals surface area (Å²) in [6, 6.07) is 13.3. The third kappa shape index (κ3) is 6.48. The van der Waals surface area contributed by atoms with Gasteiger partial charge in [0, 0.05) is 31.7 Å². The Balaban J connectivity index is 1.45. The molecular weight excluding hydrogens is 380 g/mol. The molecule has 0 unspecified atom stereocenters. The minimum Gasteiger partial charge on any atom is -0.481 e. The number of aliphatic carboxylic acids is 1. The molecule has 0 bridgehead atoms. The van der Waals surface area contributed by atoms with Crippen LogP contribution in [0, 0.1) is 0 Å². The van der Waals surface area contributed by atoms with Gasteiger partial charge in [-0.3, -0.25) is 9.59 Å². The van der Waals surface area contributed by atoms with Gasteiger partial charge >= 0.3 is 5.97 Å². The Morgan fingerprint density at radius 2 is 1.83 bits per heavy atom. The average molecular weight is 406 g/mol. The van der Waals surface area contributed by atoms with E-state index in [1.807, 2.05) is 54.7 Å². The zero-order valence-electron chi connectivity index (χ0n) is 16.8. The highest BCUT2D eigenvalue weighted by Crippen LogP contribution is 2.26. The first-order valence-electron chi connectivity index (χ1n) is 9.99. The summed E-state index contributed by atoms with van der Waals surface area (Å²) in [4.78, 5) is 29.5. The molecule has 1 aliphatic rings. The first kappa shape index (κ1) is 21.1.